The van der Waals surface area contributed by atoms with Crippen LogP contribution in [0, 0.1) is 12.3 Å². The van der Waals surface area contributed by atoms with Crippen LogP contribution in [0.25, 0.3) is 0 Å². The Kier molecular flexibility index (Phi) is 1.63. The summed E-state index contributed by atoms with van der Waals surface area (Å²) in [6, 6.07) is 0.162. The zero-order valence-electron chi connectivity index (χ0n) is 3.36. The van der Waals surface area contributed by atoms with Gasteiger partial charge in [0.05, 0.1) is 0 Å². The summed E-state index contributed by atoms with van der Waals surface area (Å²) < 4.78 is 0. The van der Waals surface area contributed by atoms with E-state index in [0.717, 1.165) is 0 Å². The summed E-state index contributed by atoms with van der Waals surface area (Å²) in [5.41, 5.74) is 3.52. The highest BCUT2D eigenvalue weighted by atomic mass is 14.6. The van der Waals surface area contributed by atoms with Gasteiger partial charge in [0.15, 0.2) is 0 Å². The minimum Gasteiger partial charge on any atom is -0.345 e. The highest BCUT2D eigenvalue weighted by Gasteiger charge is 1.78. The predicted octanol–water partition coefficient (Wildman–Crippen LogP) is -0.750. The Morgan fingerprint density at radius 1 is 2.00 bits per heavy atom. The maximum absolute atomic E-state index is 4.86. The zero-order chi connectivity index (χ0) is 4.28. The van der Waals surface area contributed by atoms with E-state index in [-0.39, 0.29) is 6.04 Å². The van der Waals surface area contributed by atoms with Gasteiger partial charge in [0.1, 0.15) is 6.04 Å². The van der Waals surface area contributed by atoms with E-state index >= 15 is 0 Å². The molecule has 0 spiro atoms. The minimum atomic E-state index is 0.162. The first-order chi connectivity index (χ1) is 2.27. The Hall–Kier alpha value is -0.480. The van der Waals surface area contributed by atoms with Crippen LogP contribution >= 0.6 is 0 Å². The van der Waals surface area contributed by atoms with Crippen LogP contribution < -0.4 is 5.73 Å². The first-order valence-corrected chi connectivity index (χ1v) is 1.56. The first-order valence-electron chi connectivity index (χ1n) is 1.56. The van der Waals surface area contributed by atoms with Crippen LogP contribution in [0.1, 0.15) is 6.92 Å². The topological polar surface area (TPSA) is 27.6 Å². The molecule has 0 aliphatic heterocycles. The summed E-state index contributed by atoms with van der Waals surface area (Å²) in [6.07, 6.45) is 4.86. The van der Waals surface area contributed by atoms with E-state index < -0.39 is 0 Å². The molecule has 0 aliphatic rings. The molecule has 0 amide bonds. The fourth-order valence-electron chi connectivity index (χ4n) is 0. The number of hydrogen-bond donors (Lipinski definition) is 1. The van der Waals surface area contributed by atoms with Crippen molar-refractivity contribution in [1.82, 2.24) is 0 Å². The third kappa shape index (κ3) is 3.52. The Morgan fingerprint density at radius 2 is 2.20 bits per heavy atom. The number of quaternary nitrogens is 1. The molecular formula is C4H8N+. The van der Waals surface area contributed by atoms with Crippen molar-refractivity contribution in [3.8, 4) is 12.3 Å². The molecule has 0 aromatic heterocycles. The van der Waals surface area contributed by atoms with Crippen LogP contribution in [0.2, 0.25) is 0 Å². The van der Waals surface area contributed by atoms with Gasteiger partial charge in [-0.1, -0.05) is 0 Å². The van der Waals surface area contributed by atoms with E-state index in [1.54, 1.807) is 0 Å². The third-order valence-electron chi connectivity index (χ3n) is 0.285. The average Bonchev–Trinajstić information content (AvgIpc) is 1.38. The predicted molar refractivity (Wildman–Crippen MR) is 21.2 cm³/mol. The molecule has 28 valence electrons. The maximum atomic E-state index is 4.86. The summed E-state index contributed by atoms with van der Waals surface area (Å²) in [4.78, 5) is 0. The van der Waals surface area contributed by atoms with Crippen LogP contribution in [0.4, 0.5) is 0 Å². The lowest BCUT2D eigenvalue weighted by Crippen LogP contribution is -2.58. The summed E-state index contributed by atoms with van der Waals surface area (Å²) in [5.74, 6) is 2.42. The lowest BCUT2D eigenvalue weighted by atomic mass is 10.4. The third-order valence-corrected chi connectivity index (χ3v) is 0.285. The molecule has 0 bridgehead atoms. The van der Waals surface area contributed by atoms with E-state index in [2.05, 4.69) is 11.7 Å². The van der Waals surface area contributed by atoms with Crippen molar-refractivity contribution >= 4 is 0 Å². The molecule has 0 aliphatic carbocycles. The smallest absolute Gasteiger partial charge is 0.143 e. The van der Waals surface area contributed by atoms with Gasteiger partial charge in [-0.15, -0.1) is 6.42 Å². The lowest BCUT2D eigenvalue weighted by molar-refractivity contribution is -0.393. The Morgan fingerprint density at radius 3 is 2.20 bits per heavy atom. The van der Waals surface area contributed by atoms with Gasteiger partial charge in [-0.05, 0) is 12.8 Å². The number of rotatable bonds is 0. The van der Waals surface area contributed by atoms with Gasteiger partial charge in [0.25, 0.3) is 0 Å². The van der Waals surface area contributed by atoms with Crippen molar-refractivity contribution in [2.24, 2.45) is 0 Å². The fourth-order valence-corrected chi connectivity index (χ4v) is 0. The highest BCUT2D eigenvalue weighted by Crippen LogP contribution is 1.55. The van der Waals surface area contributed by atoms with E-state index in [4.69, 9.17) is 6.42 Å². The SMILES string of the molecule is C#C[C@H](C)[NH3+]. The van der Waals surface area contributed by atoms with Crippen LogP contribution in [0.5, 0.6) is 0 Å². The van der Waals surface area contributed by atoms with Gasteiger partial charge in [-0.3, -0.25) is 0 Å². The molecule has 0 aromatic carbocycles. The molecule has 1 heteroatoms. The van der Waals surface area contributed by atoms with Gasteiger partial charge >= 0.3 is 0 Å². The second-order valence-electron chi connectivity index (χ2n) is 1.07. The summed E-state index contributed by atoms with van der Waals surface area (Å²) in [5, 5.41) is 0. The minimum absolute atomic E-state index is 0.162. The quantitative estimate of drug-likeness (QED) is 0.363. The molecule has 0 aromatic rings. The van der Waals surface area contributed by atoms with Crippen LogP contribution in [0.3, 0.4) is 0 Å². The van der Waals surface area contributed by atoms with Crippen molar-refractivity contribution in [3.63, 3.8) is 0 Å². The normalized spacial score (nSPS) is 13.0. The van der Waals surface area contributed by atoms with Crippen molar-refractivity contribution in [2.75, 3.05) is 0 Å². The monoisotopic (exact) mass is 70.1 g/mol. The molecule has 0 radical (unpaired) electrons. The van der Waals surface area contributed by atoms with Crippen LogP contribution in [-0.2, 0) is 0 Å². The van der Waals surface area contributed by atoms with Gasteiger partial charge in [-0.25, -0.2) is 0 Å². The van der Waals surface area contributed by atoms with E-state index in [0.29, 0.717) is 0 Å². The summed E-state index contributed by atoms with van der Waals surface area (Å²) >= 11 is 0. The Labute approximate surface area is 32.2 Å². The molecule has 1 nitrogen and oxygen atoms in total. The molecule has 0 rings (SSSR count). The highest BCUT2D eigenvalue weighted by molar-refractivity contribution is 4.88. The molecular weight excluding hydrogens is 62.1 g/mol. The standard InChI is InChI=1S/C4H7N/c1-3-4(2)5/h1,4H,5H2,2H3/p+1/t4-/m0/s1. The molecule has 0 unspecified atom stereocenters. The van der Waals surface area contributed by atoms with E-state index in [9.17, 15) is 0 Å². The van der Waals surface area contributed by atoms with Crippen molar-refractivity contribution in [3.05, 3.63) is 0 Å². The van der Waals surface area contributed by atoms with Gasteiger partial charge < -0.3 is 5.73 Å². The summed E-state index contributed by atoms with van der Waals surface area (Å²) in [7, 11) is 0. The fraction of sp³-hybridized carbons (Fsp3) is 0.500. The maximum Gasteiger partial charge on any atom is 0.143 e. The summed E-state index contributed by atoms with van der Waals surface area (Å²) in [6.45, 7) is 1.88. The molecule has 0 fully saturated rings. The van der Waals surface area contributed by atoms with Crippen LogP contribution in [0.15, 0.2) is 0 Å². The van der Waals surface area contributed by atoms with Gasteiger partial charge in [-0.2, -0.15) is 0 Å². The van der Waals surface area contributed by atoms with Crippen molar-refractivity contribution < 1.29 is 5.73 Å². The zero-order valence-corrected chi connectivity index (χ0v) is 3.36. The molecule has 0 saturated heterocycles. The number of terminal acetylenes is 1. The van der Waals surface area contributed by atoms with Gasteiger partial charge in [0.2, 0.25) is 0 Å². The molecule has 1 atom stereocenters. The molecule has 3 N–H and O–H groups in total. The van der Waals surface area contributed by atoms with Crippen molar-refractivity contribution in [2.45, 2.75) is 13.0 Å². The second kappa shape index (κ2) is 1.80. The van der Waals surface area contributed by atoms with Crippen LogP contribution in [-0.4, -0.2) is 6.04 Å². The molecule has 0 saturated carbocycles. The molecule has 5 heavy (non-hydrogen) atoms. The van der Waals surface area contributed by atoms with Gasteiger partial charge in [0, 0.05) is 0 Å². The Bertz CT molecular complexity index is 49.2. The van der Waals surface area contributed by atoms with Crippen molar-refractivity contribution in [1.29, 1.82) is 0 Å². The largest absolute Gasteiger partial charge is 0.345 e. The second-order valence-corrected chi connectivity index (χ2v) is 1.07. The first kappa shape index (κ1) is 4.52. The Balaban J connectivity index is 2.94. The molecule has 0 heterocycles. The lowest BCUT2D eigenvalue weighted by Gasteiger charge is -1.77. The van der Waals surface area contributed by atoms with E-state index in [1.807, 2.05) is 6.92 Å². The number of hydrogen-bond acceptors (Lipinski definition) is 0. The van der Waals surface area contributed by atoms with E-state index in [1.165, 1.54) is 0 Å². The average molecular weight is 70.1 g/mol.